The summed E-state index contributed by atoms with van der Waals surface area (Å²) in [7, 11) is -3.82. The molecule has 2 N–H and O–H groups in total. The van der Waals surface area contributed by atoms with Gasteiger partial charge in [-0.2, -0.15) is 0 Å². The molecule has 128 valence electrons. The minimum atomic E-state index is -3.82. The van der Waals surface area contributed by atoms with E-state index in [0.29, 0.717) is 5.71 Å². The molecule has 0 spiro atoms. The second kappa shape index (κ2) is 8.04. The monoisotopic (exact) mass is 367 g/mol. The van der Waals surface area contributed by atoms with E-state index in [1.54, 1.807) is 19.1 Å². The predicted molar refractivity (Wildman–Crippen MR) is 92.1 cm³/mol. The van der Waals surface area contributed by atoms with Gasteiger partial charge in [0.15, 0.2) is 6.61 Å². The highest BCUT2D eigenvalue weighted by molar-refractivity contribution is 7.89. The Morgan fingerprint density at radius 1 is 1.25 bits per heavy atom. The summed E-state index contributed by atoms with van der Waals surface area (Å²) in [6, 6.07) is 10.0. The first-order valence-corrected chi connectivity index (χ1v) is 9.32. The first-order valence-electron chi connectivity index (χ1n) is 6.96. The fourth-order valence-electron chi connectivity index (χ4n) is 1.65. The molecule has 0 saturated heterocycles. The molecular weight excluding hydrogens is 350 g/mol. The molecule has 0 fully saturated rings. The molecule has 0 saturated carbocycles. The Bertz CT molecular complexity index is 813. The van der Waals surface area contributed by atoms with Crippen LogP contribution in [0.3, 0.4) is 0 Å². The molecule has 24 heavy (non-hydrogen) atoms. The van der Waals surface area contributed by atoms with Crippen LogP contribution in [0.4, 0.5) is 0 Å². The number of rotatable bonds is 7. The fourth-order valence-corrected chi connectivity index (χ4v) is 3.18. The van der Waals surface area contributed by atoms with Crippen molar-refractivity contribution in [3.8, 4) is 0 Å². The van der Waals surface area contributed by atoms with Gasteiger partial charge in [-0.3, -0.25) is 10.2 Å². The molecule has 9 heteroatoms. The van der Waals surface area contributed by atoms with Crippen LogP contribution in [-0.2, 0) is 19.7 Å². The number of nitrogens with one attached hydrogen (secondary N) is 2. The van der Waals surface area contributed by atoms with Crippen molar-refractivity contribution in [3.05, 3.63) is 52.2 Å². The molecule has 1 heterocycles. The maximum atomic E-state index is 12.0. The maximum Gasteiger partial charge on any atom is 0.275 e. The number of amides is 1. The molecule has 1 aromatic carbocycles. The zero-order valence-electron chi connectivity index (χ0n) is 13.1. The number of thiophene rings is 1. The summed E-state index contributed by atoms with van der Waals surface area (Å²) in [5.74, 6) is -0.659. The predicted octanol–water partition coefficient (Wildman–Crippen LogP) is 1.81. The van der Waals surface area contributed by atoms with Crippen molar-refractivity contribution in [2.75, 3.05) is 6.61 Å². The largest absolute Gasteiger partial charge is 0.385 e. The molecule has 7 nitrogen and oxygen atoms in total. The van der Waals surface area contributed by atoms with E-state index in [9.17, 15) is 13.2 Å². The van der Waals surface area contributed by atoms with Crippen molar-refractivity contribution in [3.63, 3.8) is 0 Å². The van der Waals surface area contributed by atoms with Gasteiger partial charge in [0.1, 0.15) is 0 Å². The van der Waals surface area contributed by atoms with Gasteiger partial charge < -0.3 is 4.84 Å². The van der Waals surface area contributed by atoms with Crippen molar-refractivity contribution >= 4 is 33.0 Å². The van der Waals surface area contributed by atoms with Crippen molar-refractivity contribution in [2.45, 2.75) is 18.7 Å². The number of carbonyl (C=O) groups excluding carboxylic acids is 1. The molecule has 0 radical (unpaired) electrons. The number of hydrogen-bond acceptors (Lipinski definition) is 6. The zero-order chi connectivity index (χ0) is 17.6. The third-order valence-electron chi connectivity index (χ3n) is 2.93. The number of sulfonamides is 1. The van der Waals surface area contributed by atoms with Crippen LogP contribution in [0.5, 0.6) is 0 Å². The highest BCUT2D eigenvalue weighted by Crippen LogP contribution is 2.10. The Morgan fingerprint density at radius 2 is 1.96 bits per heavy atom. The Kier molecular flexibility index (Phi) is 6.07. The number of nitrogens with zero attached hydrogens (tertiary/aromatic N) is 1. The average Bonchev–Trinajstić information content (AvgIpc) is 3.08. The van der Waals surface area contributed by atoms with E-state index in [1.165, 1.54) is 23.5 Å². The van der Waals surface area contributed by atoms with Crippen LogP contribution in [0.15, 0.2) is 51.8 Å². The third kappa shape index (κ3) is 5.15. The number of carbonyl (C=O) groups is 1. The topological polar surface area (TPSA) is 96.9 Å². The summed E-state index contributed by atoms with van der Waals surface area (Å²) in [4.78, 5) is 19.5. The van der Waals surface area contributed by atoms with Crippen molar-refractivity contribution in [2.24, 2.45) is 5.16 Å². The quantitative estimate of drug-likeness (QED) is 0.576. The molecule has 2 rings (SSSR count). The van der Waals surface area contributed by atoms with Crippen LogP contribution < -0.4 is 10.3 Å². The minimum absolute atomic E-state index is 0.0564. The highest BCUT2D eigenvalue weighted by Gasteiger charge is 2.14. The van der Waals surface area contributed by atoms with Crippen LogP contribution in [0, 0.1) is 6.92 Å². The Hall–Kier alpha value is -2.23. The van der Waals surface area contributed by atoms with E-state index in [4.69, 9.17) is 4.84 Å². The van der Waals surface area contributed by atoms with Crippen molar-refractivity contribution in [1.29, 1.82) is 0 Å². The van der Waals surface area contributed by atoms with Gasteiger partial charge in [0.2, 0.25) is 0 Å². The van der Waals surface area contributed by atoms with Gasteiger partial charge in [0.25, 0.3) is 15.9 Å². The van der Waals surface area contributed by atoms with E-state index in [2.05, 4.69) is 10.6 Å². The zero-order valence-corrected chi connectivity index (χ0v) is 14.8. The summed E-state index contributed by atoms with van der Waals surface area (Å²) in [6.45, 7) is 3.20. The minimum Gasteiger partial charge on any atom is -0.385 e. The summed E-state index contributed by atoms with van der Waals surface area (Å²) in [6.07, 6.45) is 0. The summed E-state index contributed by atoms with van der Waals surface area (Å²) < 4.78 is 24.0. The Labute approximate surface area is 144 Å². The summed E-state index contributed by atoms with van der Waals surface area (Å²) >= 11 is 1.50. The SMILES string of the molecule is C/C(=N/OCC(=O)NNS(=O)(=O)c1ccc(C)cc1)c1cccs1. The molecule has 0 bridgehead atoms. The van der Waals surface area contributed by atoms with Crippen LogP contribution in [0.2, 0.25) is 0 Å². The number of hydrazine groups is 1. The molecule has 1 amide bonds. The van der Waals surface area contributed by atoms with E-state index < -0.39 is 22.5 Å². The van der Waals surface area contributed by atoms with Gasteiger partial charge in [0.05, 0.1) is 15.5 Å². The number of benzene rings is 1. The van der Waals surface area contributed by atoms with Gasteiger partial charge in [-0.25, -0.2) is 8.42 Å². The van der Waals surface area contributed by atoms with Crippen LogP contribution in [0.25, 0.3) is 0 Å². The van der Waals surface area contributed by atoms with E-state index >= 15 is 0 Å². The summed E-state index contributed by atoms with van der Waals surface area (Å²) in [5.41, 5.74) is 3.65. The smallest absolute Gasteiger partial charge is 0.275 e. The molecule has 0 aliphatic carbocycles. The number of oxime groups is 1. The average molecular weight is 367 g/mol. The molecule has 0 unspecified atom stereocenters. The van der Waals surface area contributed by atoms with E-state index in [1.807, 2.05) is 29.3 Å². The lowest BCUT2D eigenvalue weighted by Crippen LogP contribution is -2.43. The van der Waals surface area contributed by atoms with Gasteiger partial charge in [-0.05, 0) is 37.4 Å². The van der Waals surface area contributed by atoms with E-state index in [0.717, 1.165) is 10.4 Å². The lowest BCUT2D eigenvalue weighted by atomic mass is 10.2. The van der Waals surface area contributed by atoms with Crippen molar-refractivity contribution in [1.82, 2.24) is 10.3 Å². The van der Waals surface area contributed by atoms with E-state index in [-0.39, 0.29) is 4.90 Å². The molecule has 1 aromatic heterocycles. The Morgan fingerprint density at radius 3 is 2.58 bits per heavy atom. The lowest BCUT2D eigenvalue weighted by molar-refractivity contribution is -0.126. The lowest BCUT2D eigenvalue weighted by Gasteiger charge is -2.08. The molecular formula is C15H17N3O4S2. The molecule has 2 aromatic rings. The highest BCUT2D eigenvalue weighted by atomic mass is 32.2. The maximum absolute atomic E-state index is 12.0. The third-order valence-corrected chi connectivity index (χ3v) is 5.17. The number of hydrogen-bond donors (Lipinski definition) is 2. The van der Waals surface area contributed by atoms with Crippen LogP contribution in [0.1, 0.15) is 17.4 Å². The first-order chi connectivity index (χ1) is 11.4. The second-order valence-electron chi connectivity index (χ2n) is 4.89. The van der Waals surface area contributed by atoms with Crippen LogP contribution >= 0.6 is 11.3 Å². The molecule has 0 atom stereocenters. The first kappa shape index (κ1) is 18.1. The molecule has 0 aliphatic rings. The second-order valence-corrected chi connectivity index (χ2v) is 7.52. The van der Waals surface area contributed by atoms with Gasteiger partial charge in [-0.15, -0.1) is 16.2 Å². The standard InChI is InChI=1S/C15H17N3O4S2/c1-11-5-7-13(8-6-11)24(20,21)18-16-15(19)10-22-17-12(2)14-4-3-9-23-14/h3-9,18H,10H2,1-2H3,(H,16,19)/b17-12-. The fraction of sp³-hybridized carbons (Fsp3) is 0.200. The van der Waals surface area contributed by atoms with Gasteiger partial charge in [-0.1, -0.05) is 28.9 Å². The number of aryl methyl sites for hydroxylation is 1. The summed E-state index contributed by atoms with van der Waals surface area (Å²) in [5, 5.41) is 5.71. The normalized spacial score (nSPS) is 12.0. The Balaban J connectivity index is 1.82. The molecule has 0 aliphatic heterocycles. The van der Waals surface area contributed by atoms with Crippen LogP contribution in [-0.4, -0.2) is 26.6 Å². The van der Waals surface area contributed by atoms with Gasteiger partial charge >= 0.3 is 0 Å². The van der Waals surface area contributed by atoms with Gasteiger partial charge in [0, 0.05) is 0 Å². The van der Waals surface area contributed by atoms with Crippen molar-refractivity contribution < 1.29 is 18.0 Å².